The van der Waals surface area contributed by atoms with Crippen molar-refractivity contribution in [2.45, 2.75) is 31.1 Å². The van der Waals surface area contributed by atoms with Crippen LogP contribution in [0.2, 0.25) is 0 Å². The van der Waals surface area contributed by atoms with Crippen LogP contribution in [0.3, 0.4) is 0 Å². The number of ether oxygens (including phenoxy) is 1. The SMILES string of the molecule is O=C(OC1CC2CCN1CC2)C(O)(c1ccco1)c1cccs1. The Kier molecular flexibility index (Phi) is 3.75. The molecule has 0 radical (unpaired) electrons. The van der Waals surface area contributed by atoms with Gasteiger partial charge in [0.05, 0.1) is 11.1 Å². The van der Waals surface area contributed by atoms with E-state index in [4.69, 9.17) is 9.15 Å². The van der Waals surface area contributed by atoms with Gasteiger partial charge in [-0.05, 0) is 42.3 Å². The minimum absolute atomic E-state index is 0.195. The summed E-state index contributed by atoms with van der Waals surface area (Å²) in [6, 6.07) is 6.79. The second kappa shape index (κ2) is 5.78. The van der Waals surface area contributed by atoms with Gasteiger partial charge in [-0.2, -0.15) is 0 Å². The summed E-state index contributed by atoms with van der Waals surface area (Å²) in [5, 5.41) is 12.9. The van der Waals surface area contributed by atoms with Crippen LogP contribution in [0.5, 0.6) is 0 Å². The summed E-state index contributed by atoms with van der Waals surface area (Å²) in [6.07, 6.45) is 4.40. The highest BCUT2D eigenvalue weighted by molar-refractivity contribution is 7.10. The van der Waals surface area contributed by atoms with E-state index in [-0.39, 0.29) is 12.0 Å². The average molecular weight is 333 g/mol. The predicted octanol–water partition coefficient (Wildman–Crippen LogP) is 2.56. The van der Waals surface area contributed by atoms with Crippen LogP contribution in [-0.2, 0) is 15.1 Å². The van der Waals surface area contributed by atoms with Gasteiger partial charge in [-0.15, -0.1) is 11.3 Å². The van der Waals surface area contributed by atoms with Crippen molar-refractivity contribution in [1.82, 2.24) is 4.90 Å². The summed E-state index contributed by atoms with van der Waals surface area (Å²) < 4.78 is 11.1. The van der Waals surface area contributed by atoms with E-state index >= 15 is 0 Å². The molecule has 2 atom stereocenters. The standard InChI is InChI=1S/C17H19NO4S/c19-16(22-15-11-12-5-7-18(15)8-6-12)17(20,13-3-1-9-21-13)14-4-2-10-23-14/h1-4,9-10,12,15,20H,5-8,11H2. The van der Waals surface area contributed by atoms with E-state index in [0.29, 0.717) is 10.8 Å². The molecule has 5 heterocycles. The van der Waals surface area contributed by atoms with Crippen LogP contribution in [-0.4, -0.2) is 35.3 Å². The van der Waals surface area contributed by atoms with Crippen LogP contribution < -0.4 is 0 Å². The highest BCUT2D eigenvalue weighted by Gasteiger charge is 2.48. The quantitative estimate of drug-likeness (QED) is 0.871. The van der Waals surface area contributed by atoms with Crippen molar-refractivity contribution >= 4 is 17.3 Å². The van der Waals surface area contributed by atoms with Crippen LogP contribution in [0.25, 0.3) is 0 Å². The third kappa shape index (κ3) is 2.51. The molecular weight excluding hydrogens is 314 g/mol. The molecule has 2 bridgehead atoms. The van der Waals surface area contributed by atoms with Crippen molar-refractivity contribution in [3.8, 4) is 0 Å². The number of carbonyl (C=O) groups excluding carboxylic acids is 1. The molecule has 3 aliphatic rings. The van der Waals surface area contributed by atoms with Crippen molar-refractivity contribution < 1.29 is 19.1 Å². The van der Waals surface area contributed by atoms with Gasteiger partial charge in [0.25, 0.3) is 5.60 Å². The summed E-state index contributed by atoms with van der Waals surface area (Å²) in [5.41, 5.74) is -1.88. The summed E-state index contributed by atoms with van der Waals surface area (Å²) in [5.74, 6) is 0.157. The molecule has 2 unspecified atom stereocenters. The van der Waals surface area contributed by atoms with Gasteiger partial charge in [0.15, 0.2) is 12.0 Å². The van der Waals surface area contributed by atoms with Crippen LogP contribution >= 0.6 is 11.3 Å². The van der Waals surface area contributed by atoms with Gasteiger partial charge in [0, 0.05) is 19.5 Å². The number of carbonyl (C=O) groups is 1. The van der Waals surface area contributed by atoms with Gasteiger partial charge < -0.3 is 14.3 Å². The molecule has 0 spiro atoms. The molecule has 122 valence electrons. The number of fused-ring (bicyclic) bond motifs is 3. The molecule has 0 aromatic carbocycles. The van der Waals surface area contributed by atoms with E-state index in [1.807, 2.05) is 5.38 Å². The largest absolute Gasteiger partial charge is 0.465 e. The Balaban J connectivity index is 1.61. The molecule has 2 aromatic heterocycles. The lowest BCUT2D eigenvalue weighted by molar-refractivity contribution is -0.188. The van der Waals surface area contributed by atoms with Crippen molar-refractivity contribution in [3.05, 3.63) is 46.5 Å². The Morgan fingerprint density at radius 1 is 1.35 bits per heavy atom. The number of nitrogens with zero attached hydrogens (tertiary/aromatic N) is 1. The maximum Gasteiger partial charge on any atom is 0.353 e. The van der Waals surface area contributed by atoms with E-state index in [1.165, 1.54) is 30.4 Å². The molecule has 2 aromatic rings. The summed E-state index contributed by atoms with van der Waals surface area (Å²) in [6.45, 7) is 1.92. The average Bonchev–Trinajstić information content (AvgIpc) is 3.29. The number of thiophene rings is 1. The van der Waals surface area contributed by atoms with Crippen LogP contribution in [0.15, 0.2) is 40.3 Å². The smallest absolute Gasteiger partial charge is 0.353 e. The first-order valence-electron chi connectivity index (χ1n) is 7.93. The molecule has 3 fully saturated rings. The molecule has 5 rings (SSSR count). The number of piperidine rings is 3. The second-order valence-electron chi connectivity index (χ2n) is 6.24. The minimum Gasteiger partial charge on any atom is -0.465 e. The first-order chi connectivity index (χ1) is 11.2. The van der Waals surface area contributed by atoms with Crippen LogP contribution in [0.1, 0.15) is 29.9 Å². The van der Waals surface area contributed by atoms with Crippen LogP contribution in [0, 0.1) is 5.92 Å². The Hall–Kier alpha value is -1.63. The van der Waals surface area contributed by atoms with Gasteiger partial charge in [-0.3, -0.25) is 4.90 Å². The zero-order chi connectivity index (χ0) is 15.9. The lowest BCUT2D eigenvalue weighted by Gasteiger charge is -2.44. The molecule has 3 saturated heterocycles. The Morgan fingerprint density at radius 2 is 2.17 bits per heavy atom. The van der Waals surface area contributed by atoms with Gasteiger partial charge in [0.1, 0.15) is 0 Å². The number of esters is 1. The lowest BCUT2D eigenvalue weighted by Crippen LogP contribution is -2.52. The summed E-state index contributed by atoms with van der Waals surface area (Å²) in [4.78, 5) is 15.6. The van der Waals surface area contributed by atoms with E-state index in [9.17, 15) is 9.90 Å². The van der Waals surface area contributed by atoms with Crippen LogP contribution in [0.4, 0.5) is 0 Å². The fraction of sp³-hybridized carbons (Fsp3) is 0.471. The van der Waals surface area contributed by atoms with Crippen molar-refractivity contribution in [2.24, 2.45) is 5.92 Å². The number of hydrogen-bond acceptors (Lipinski definition) is 6. The molecule has 3 aliphatic heterocycles. The normalized spacial score (nSPS) is 29.2. The Bertz CT molecular complexity index is 625. The van der Waals surface area contributed by atoms with Gasteiger partial charge in [-0.1, -0.05) is 6.07 Å². The van der Waals surface area contributed by atoms with Crippen molar-refractivity contribution in [1.29, 1.82) is 0 Å². The highest BCUT2D eigenvalue weighted by Crippen LogP contribution is 2.37. The monoisotopic (exact) mass is 333 g/mol. The maximum absolute atomic E-state index is 12.9. The third-order valence-corrected chi connectivity index (χ3v) is 5.86. The van der Waals surface area contributed by atoms with Crippen molar-refractivity contribution in [3.63, 3.8) is 0 Å². The maximum atomic E-state index is 12.9. The molecule has 0 amide bonds. The first kappa shape index (κ1) is 14.9. The molecule has 6 heteroatoms. The molecular formula is C17H19NO4S. The number of aliphatic hydroxyl groups is 1. The number of hydrogen-bond donors (Lipinski definition) is 1. The molecule has 1 N–H and O–H groups in total. The summed E-state index contributed by atoms with van der Waals surface area (Å²) in [7, 11) is 0. The fourth-order valence-corrected chi connectivity index (χ4v) is 4.35. The van der Waals surface area contributed by atoms with E-state index in [1.54, 1.807) is 24.3 Å². The minimum atomic E-state index is -1.88. The topological polar surface area (TPSA) is 62.9 Å². The number of rotatable bonds is 4. The first-order valence-corrected chi connectivity index (χ1v) is 8.81. The zero-order valence-electron chi connectivity index (χ0n) is 12.7. The number of furan rings is 1. The summed E-state index contributed by atoms with van der Waals surface area (Å²) >= 11 is 1.31. The van der Waals surface area contributed by atoms with Gasteiger partial charge >= 0.3 is 5.97 Å². The Morgan fingerprint density at radius 3 is 2.74 bits per heavy atom. The lowest BCUT2D eigenvalue weighted by atomic mass is 9.87. The Labute approximate surface area is 138 Å². The fourth-order valence-electron chi connectivity index (χ4n) is 3.53. The predicted molar refractivity (Wildman–Crippen MR) is 84.8 cm³/mol. The molecule has 5 nitrogen and oxygen atoms in total. The molecule has 0 aliphatic carbocycles. The third-order valence-electron chi connectivity index (χ3n) is 4.89. The molecule has 0 saturated carbocycles. The van der Waals surface area contributed by atoms with E-state index in [0.717, 1.165) is 19.5 Å². The van der Waals surface area contributed by atoms with Crippen molar-refractivity contribution in [2.75, 3.05) is 13.1 Å². The van der Waals surface area contributed by atoms with Gasteiger partial charge in [-0.25, -0.2) is 4.79 Å². The van der Waals surface area contributed by atoms with Gasteiger partial charge in [0.2, 0.25) is 0 Å². The zero-order valence-corrected chi connectivity index (χ0v) is 13.5. The molecule has 23 heavy (non-hydrogen) atoms. The second-order valence-corrected chi connectivity index (χ2v) is 7.19. The van der Waals surface area contributed by atoms with E-state index in [2.05, 4.69) is 4.90 Å². The highest BCUT2D eigenvalue weighted by atomic mass is 32.1. The van der Waals surface area contributed by atoms with E-state index < -0.39 is 11.6 Å².